The molecule has 3 rings (SSSR count). The van der Waals surface area contributed by atoms with E-state index in [1.807, 2.05) is 6.07 Å². The molecule has 6 heteroatoms. The monoisotopic (exact) mass is 299 g/mol. The Bertz CT molecular complexity index is 674. The molecule has 0 bridgehead atoms. The van der Waals surface area contributed by atoms with Crippen molar-refractivity contribution in [2.24, 2.45) is 0 Å². The van der Waals surface area contributed by atoms with E-state index in [0.717, 1.165) is 37.7 Å². The van der Waals surface area contributed by atoms with Crippen molar-refractivity contribution in [3.63, 3.8) is 0 Å². The number of piperazine rings is 1. The van der Waals surface area contributed by atoms with Gasteiger partial charge in [-0.2, -0.15) is 5.26 Å². The Labute approximate surface area is 128 Å². The minimum absolute atomic E-state index is 0.618. The van der Waals surface area contributed by atoms with Crippen LogP contribution >= 0.6 is 11.6 Å². The Morgan fingerprint density at radius 2 is 1.86 bits per heavy atom. The van der Waals surface area contributed by atoms with Crippen LogP contribution < -0.4 is 9.80 Å². The summed E-state index contributed by atoms with van der Waals surface area (Å²) in [5, 5.41) is 9.83. The van der Waals surface area contributed by atoms with Gasteiger partial charge in [0, 0.05) is 44.8 Å². The van der Waals surface area contributed by atoms with Crippen LogP contribution in [0.25, 0.3) is 0 Å². The second-order valence-electron chi connectivity index (χ2n) is 4.79. The van der Waals surface area contributed by atoms with Crippen molar-refractivity contribution >= 4 is 23.1 Å². The van der Waals surface area contributed by atoms with E-state index in [0.29, 0.717) is 10.6 Å². The number of pyridine rings is 2. The fraction of sp³-hybridized carbons (Fsp3) is 0.267. The zero-order valence-corrected chi connectivity index (χ0v) is 12.2. The molecule has 1 fully saturated rings. The van der Waals surface area contributed by atoms with Crippen molar-refractivity contribution in [2.45, 2.75) is 0 Å². The van der Waals surface area contributed by atoms with Crippen LogP contribution in [-0.2, 0) is 0 Å². The minimum atomic E-state index is 0.618. The first kappa shape index (κ1) is 13.7. The molecule has 106 valence electrons. The summed E-state index contributed by atoms with van der Waals surface area (Å²) in [6.07, 6.45) is 5.14. The van der Waals surface area contributed by atoms with Gasteiger partial charge in [0.15, 0.2) is 0 Å². The second kappa shape index (κ2) is 5.98. The molecule has 1 saturated heterocycles. The highest BCUT2D eigenvalue weighted by molar-refractivity contribution is 6.33. The van der Waals surface area contributed by atoms with Crippen LogP contribution in [0.3, 0.4) is 0 Å². The van der Waals surface area contributed by atoms with E-state index >= 15 is 0 Å². The van der Waals surface area contributed by atoms with Gasteiger partial charge in [-0.25, -0.2) is 4.98 Å². The van der Waals surface area contributed by atoms with Crippen LogP contribution in [0.5, 0.6) is 0 Å². The van der Waals surface area contributed by atoms with Gasteiger partial charge in [-0.05, 0) is 18.2 Å². The number of nitriles is 1. The molecule has 0 N–H and O–H groups in total. The molecule has 0 amide bonds. The maximum atomic E-state index is 9.16. The SMILES string of the molecule is N#Cc1cccnc1N1CCN(c2ccncc2Cl)CC1. The first-order valence-corrected chi connectivity index (χ1v) is 7.12. The Kier molecular flexibility index (Phi) is 3.89. The molecule has 0 aromatic carbocycles. The third-order valence-corrected chi connectivity index (χ3v) is 3.87. The molecule has 21 heavy (non-hydrogen) atoms. The first-order chi connectivity index (χ1) is 10.3. The maximum absolute atomic E-state index is 9.16. The van der Waals surface area contributed by atoms with Crippen molar-refractivity contribution in [3.05, 3.63) is 47.4 Å². The van der Waals surface area contributed by atoms with E-state index in [2.05, 4.69) is 25.8 Å². The third kappa shape index (κ3) is 2.76. The van der Waals surface area contributed by atoms with Crippen LogP contribution in [-0.4, -0.2) is 36.1 Å². The fourth-order valence-corrected chi connectivity index (χ4v) is 2.76. The molecular formula is C15H14ClN5. The van der Waals surface area contributed by atoms with E-state index in [9.17, 15) is 0 Å². The average Bonchev–Trinajstić information content (AvgIpc) is 2.55. The predicted molar refractivity (Wildman–Crippen MR) is 82.6 cm³/mol. The second-order valence-corrected chi connectivity index (χ2v) is 5.19. The fourth-order valence-electron chi connectivity index (χ4n) is 2.52. The van der Waals surface area contributed by atoms with Crippen LogP contribution in [0, 0.1) is 11.3 Å². The summed E-state index contributed by atoms with van der Waals surface area (Å²) >= 11 is 6.19. The first-order valence-electron chi connectivity index (χ1n) is 6.74. The summed E-state index contributed by atoms with van der Waals surface area (Å²) in [4.78, 5) is 12.7. The predicted octanol–water partition coefficient (Wildman–Crippen LogP) is 2.33. The highest BCUT2D eigenvalue weighted by atomic mass is 35.5. The summed E-state index contributed by atoms with van der Waals surface area (Å²) in [5.74, 6) is 0.764. The molecule has 0 spiro atoms. The van der Waals surface area contributed by atoms with E-state index in [-0.39, 0.29) is 0 Å². The highest BCUT2D eigenvalue weighted by Gasteiger charge is 2.21. The number of anilines is 2. The molecule has 3 heterocycles. The summed E-state index contributed by atoms with van der Waals surface area (Å²) in [6, 6.07) is 7.71. The van der Waals surface area contributed by atoms with Crippen LogP contribution in [0.2, 0.25) is 5.02 Å². The highest BCUT2D eigenvalue weighted by Crippen LogP contribution is 2.26. The number of hydrogen-bond acceptors (Lipinski definition) is 5. The van der Waals surface area contributed by atoms with Crippen molar-refractivity contribution < 1.29 is 0 Å². The van der Waals surface area contributed by atoms with Crippen molar-refractivity contribution in [1.82, 2.24) is 9.97 Å². The molecule has 1 aliphatic rings. The lowest BCUT2D eigenvalue weighted by Crippen LogP contribution is -2.47. The molecule has 2 aromatic heterocycles. The van der Waals surface area contributed by atoms with E-state index in [4.69, 9.17) is 16.9 Å². The average molecular weight is 300 g/mol. The molecule has 1 aliphatic heterocycles. The third-order valence-electron chi connectivity index (χ3n) is 3.58. The molecule has 0 aliphatic carbocycles. The van der Waals surface area contributed by atoms with Crippen LogP contribution in [0.15, 0.2) is 36.8 Å². The molecule has 0 atom stereocenters. The topological polar surface area (TPSA) is 56.1 Å². The normalized spacial score (nSPS) is 14.9. The Morgan fingerprint density at radius 1 is 1.10 bits per heavy atom. The molecule has 0 saturated carbocycles. The Balaban J connectivity index is 1.74. The van der Waals surface area contributed by atoms with Crippen LogP contribution in [0.1, 0.15) is 5.56 Å². The molecule has 0 unspecified atom stereocenters. The standard InChI is InChI=1S/C15H14ClN5/c16-13-11-18-5-3-14(13)20-6-8-21(9-7-20)15-12(10-17)2-1-4-19-15/h1-5,11H,6-9H2. The Hall–Kier alpha value is -2.32. The zero-order chi connectivity index (χ0) is 14.7. The summed E-state index contributed by atoms with van der Waals surface area (Å²) in [6.45, 7) is 3.30. The van der Waals surface area contributed by atoms with Crippen molar-refractivity contribution in [2.75, 3.05) is 36.0 Å². The molecule has 5 nitrogen and oxygen atoms in total. The van der Waals surface area contributed by atoms with Gasteiger partial charge < -0.3 is 9.80 Å². The molecule has 0 radical (unpaired) electrons. The van der Waals surface area contributed by atoms with E-state index < -0.39 is 0 Å². The van der Waals surface area contributed by atoms with Gasteiger partial charge in [0.2, 0.25) is 0 Å². The van der Waals surface area contributed by atoms with Crippen molar-refractivity contribution in [1.29, 1.82) is 5.26 Å². The van der Waals surface area contributed by atoms with Gasteiger partial charge in [-0.1, -0.05) is 11.6 Å². The number of hydrogen-bond donors (Lipinski definition) is 0. The van der Waals surface area contributed by atoms with E-state index in [1.165, 1.54) is 0 Å². The minimum Gasteiger partial charge on any atom is -0.367 e. The van der Waals surface area contributed by atoms with Crippen LogP contribution in [0.4, 0.5) is 11.5 Å². The smallest absolute Gasteiger partial charge is 0.146 e. The molecular weight excluding hydrogens is 286 g/mol. The molecule has 2 aromatic rings. The van der Waals surface area contributed by atoms with E-state index in [1.54, 1.807) is 30.7 Å². The van der Waals surface area contributed by atoms with Gasteiger partial charge in [0.05, 0.1) is 16.3 Å². The van der Waals surface area contributed by atoms with Gasteiger partial charge in [0.25, 0.3) is 0 Å². The number of rotatable bonds is 2. The lowest BCUT2D eigenvalue weighted by Gasteiger charge is -2.37. The van der Waals surface area contributed by atoms with Gasteiger partial charge in [0.1, 0.15) is 11.9 Å². The summed E-state index contributed by atoms with van der Waals surface area (Å²) in [5.41, 5.74) is 1.63. The van der Waals surface area contributed by atoms with Gasteiger partial charge in [-0.3, -0.25) is 4.98 Å². The number of halogens is 1. The Morgan fingerprint density at radius 3 is 2.57 bits per heavy atom. The summed E-state index contributed by atoms with van der Waals surface area (Å²) < 4.78 is 0. The van der Waals surface area contributed by atoms with Crippen molar-refractivity contribution in [3.8, 4) is 6.07 Å². The lowest BCUT2D eigenvalue weighted by atomic mass is 10.2. The largest absolute Gasteiger partial charge is 0.367 e. The zero-order valence-electron chi connectivity index (χ0n) is 11.4. The van der Waals surface area contributed by atoms with Gasteiger partial charge >= 0.3 is 0 Å². The van der Waals surface area contributed by atoms with Gasteiger partial charge in [-0.15, -0.1) is 0 Å². The maximum Gasteiger partial charge on any atom is 0.146 e. The number of aromatic nitrogens is 2. The lowest BCUT2D eigenvalue weighted by molar-refractivity contribution is 0.646. The number of nitrogens with zero attached hydrogens (tertiary/aromatic N) is 5. The summed E-state index contributed by atoms with van der Waals surface area (Å²) in [7, 11) is 0. The quantitative estimate of drug-likeness (QED) is 0.852.